The molecule has 0 radical (unpaired) electrons. The van der Waals surface area contributed by atoms with Crippen molar-refractivity contribution >= 4 is 17.5 Å². The molecule has 0 spiro atoms. The Kier molecular flexibility index (Phi) is 5.13. The molecule has 0 amide bonds. The molecule has 1 aromatic heterocycles. The summed E-state index contributed by atoms with van der Waals surface area (Å²) < 4.78 is 11.1. The summed E-state index contributed by atoms with van der Waals surface area (Å²) in [5, 5.41) is 10.7. The zero-order valence-corrected chi connectivity index (χ0v) is 12.7. The van der Waals surface area contributed by atoms with E-state index >= 15 is 0 Å². The van der Waals surface area contributed by atoms with Crippen LogP contribution in [0.3, 0.4) is 0 Å². The second kappa shape index (κ2) is 7.25. The van der Waals surface area contributed by atoms with E-state index < -0.39 is 4.92 Å². The van der Waals surface area contributed by atoms with Gasteiger partial charge in [-0.15, -0.1) is 4.98 Å². The molecule has 0 unspecified atom stereocenters. The number of anilines is 2. The lowest BCUT2D eigenvalue weighted by molar-refractivity contribution is -0.498. The molecule has 0 fully saturated rings. The van der Waals surface area contributed by atoms with Gasteiger partial charge in [0.05, 0.1) is 24.2 Å². The van der Waals surface area contributed by atoms with Crippen molar-refractivity contribution in [1.29, 1.82) is 0 Å². The topological polar surface area (TPSA) is 142 Å². The van der Waals surface area contributed by atoms with Crippen molar-refractivity contribution in [2.75, 3.05) is 24.7 Å². The zero-order valence-electron chi connectivity index (χ0n) is 12.7. The molecule has 122 valence electrons. The van der Waals surface area contributed by atoms with Gasteiger partial charge in [-0.1, -0.05) is 6.07 Å². The van der Waals surface area contributed by atoms with Crippen LogP contribution >= 0.6 is 0 Å². The van der Waals surface area contributed by atoms with E-state index in [9.17, 15) is 10.1 Å². The van der Waals surface area contributed by atoms with Gasteiger partial charge < -0.3 is 15.2 Å². The quantitative estimate of drug-likeness (QED) is 0.433. The number of aryl methyl sites for hydroxylation is 1. The summed E-state index contributed by atoms with van der Waals surface area (Å²) in [5.41, 5.74) is 12.1. The van der Waals surface area contributed by atoms with Crippen LogP contribution in [0.5, 0.6) is 11.5 Å². The second-order valence-electron chi connectivity index (χ2n) is 4.84. The van der Waals surface area contributed by atoms with E-state index in [4.69, 9.17) is 20.9 Å². The van der Waals surface area contributed by atoms with Crippen LogP contribution in [0.15, 0.2) is 24.3 Å². The number of aromatic amines is 2. The van der Waals surface area contributed by atoms with Crippen molar-refractivity contribution in [2.45, 2.75) is 13.3 Å². The first-order valence-corrected chi connectivity index (χ1v) is 6.97. The minimum absolute atomic E-state index is 0.00454. The van der Waals surface area contributed by atoms with E-state index in [0.29, 0.717) is 42.9 Å². The lowest BCUT2D eigenvalue weighted by Crippen LogP contribution is -2.29. The predicted octanol–water partition coefficient (Wildman–Crippen LogP) is 0.544. The van der Waals surface area contributed by atoms with Gasteiger partial charge in [0.15, 0.2) is 5.69 Å². The Morgan fingerprint density at radius 1 is 1.22 bits per heavy atom. The molecule has 23 heavy (non-hydrogen) atoms. The van der Waals surface area contributed by atoms with Crippen LogP contribution in [-0.2, 0) is 0 Å². The Labute approximate surface area is 132 Å². The molecule has 6 N–H and O–H groups in total. The molecule has 0 saturated heterocycles. The van der Waals surface area contributed by atoms with Crippen molar-refractivity contribution < 1.29 is 24.4 Å². The third kappa shape index (κ3) is 4.43. The molecule has 0 bridgehead atoms. The molecular formula is C14H19N5O4+2. The van der Waals surface area contributed by atoms with Crippen molar-refractivity contribution in [2.24, 2.45) is 0 Å². The van der Waals surface area contributed by atoms with Crippen molar-refractivity contribution in [3.63, 3.8) is 0 Å². The maximum Gasteiger partial charge on any atom is 0.521 e. The number of nitro benzene ring substituents is 1. The molecule has 2 rings (SSSR count). The number of nitrogens with zero attached hydrogens (tertiary/aromatic N) is 1. The van der Waals surface area contributed by atoms with Gasteiger partial charge in [0.25, 0.3) is 11.5 Å². The average molecular weight is 321 g/mol. The van der Waals surface area contributed by atoms with E-state index in [-0.39, 0.29) is 5.69 Å². The molecule has 0 saturated carbocycles. The zero-order chi connectivity index (χ0) is 16.8. The van der Waals surface area contributed by atoms with Crippen LogP contribution in [0.1, 0.15) is 12.1 Å². The first-order chi connectivity index (χ1) is 11.0. The SMILES string of the molecule is Cc1[nH+]c(N)[nH+]c(N)c1OCCCOc1cccc([N+](=O)[O-])c1. The number of nitro groups is 1. The molecule has 2 aromatic rings. The van der Waals surface area contributed by atoms with Crippen LogP contribution in [0.2, 0.25) is 0 Å². The molecule has 0 aliphatic rings. The van der Waals surface area contributed by atoms with Gasteiger partial charge in [0.2, 0.25) is 5.75 Å². The standard InChI is InChI=1S/C14H17N5O4/c1-9-12(13(15)18-14(16)17-9)23-7-3-6-22-11-5-2-4-10(8-11)19(20)21/h2,4-5,8H,3,6-7H2,1H3,(H4,15,16,17,18)/p+2. The minimum Gasteiger partial charge on any atom is -0.493 e. The minimum atomic E-state index is -0.463. The van der Waals surface area contributed by atoms with E-state index in [1.807, 2.05) is 0 Å². The lowest BCUT2D eigenvalue weighted by Gasteiger charge is -2.08. The Morgan fingerprint density at radius 3 is 2.65 bits per heavy atom. The largest absolute Gasteiger partial charge is 0.521 e. The predicted molar refractivity (Wildman–Crippen MR) is 81.8 cm³/mol. The molecule has 1 heterocycles. The number of hydrogen-bond acceptors (Lipinski definition) is 6. The molecule has 0 aliphatic heterocycles. The Morgan fingerprint density at radius 2 is 1.96 bits per heavy atom. The summed E-state index contributed by atoms with van der Waals surface area (Å²) in [6, 6.07) is 6.04. The van der Waals surface area contributed by atoms with Crippen molar-refractivity contribution in [3.8, 4) is 11.5 Å². The van der Waals surface area contributed by atoms with Gasteiger partial charge in [-0.25, -0.2) is 5.73 Å². The summed E-state index contributed by atoms with van der Waals surface area (Å²) in [6.45, 7) is 2.55. The van der Waals surface area contributed by atoms with Gasteiger partial charge >= 0.3 is 5.95 Å². The van der Waals surface area contributed by atoms with Crippen LogP contribution in [-0.4, -0.2) is 18.1 Å². The van der Waals surface area contributed by atoms with Crippen LogP contribution in [0, 0.1) is 17.0 Å². The van der Waals surface area contributed by atoms with E-state index in [1.54, 1.807) is 19.1 Å². The maximum absolute atomic E-state index is 10.7. The fourth-order valence-electron chi connectivity index (χ4n) is 1.99. The van der Waals surface area contributed by atoms with Crippen molar-refractivity contribution in [1.82, 2.24) is 0 Å². The highest BCUT2D eigenvalue weighted by Gasteiger charge is 2.17. The van der Waals surface area contributed by atoms with E-state index in [0.717, 1.165) is 5.69 Å². The molecule has 0 atom stereocenters. The number of H-pyrrole nitrogens is 2. The first kappa shape index (κ1) is 16.3. The van der Waals surface area contributed by atoms with Gasteiger partial charge in [0, 0.05) is 19.4 Å². The van der Waals surface area contributed by atoms with Gasteiger partial charge in [-0.2, -0.15) is 4.98 Å². The highest BCUT2D eigenvalue weighted by Crippen LogP contribution is 2.20. The van der Waals surface area contributed by atoms with Crippen LogP contribution in [0.25, 0.3) is 0 Å². The van der Waals surface area contributed by atoms with E-state index in [2.05, 4.69) is 9.97 Å². The first-order valence-electron chi connectivity index (χ1n) is 6.97. The molecule has 1 aromatic carbocycles. The Hall–Kier alpha value is -3.10. The lowest BCUT2D eigenvalue weighted by atomic mass is 10.3. The third-order valence-electron chi connectivity index (χ3n) is 3.01. The van der Waals surface area contributed by atoms with Crippen LogP contribution < -0.4 is 30.9 Å². The van der Waals surface area contributed by atoms with E-state index in [1.165, 1.54) is 12.1 Å². The number of aromatic nitrogens is 2. The second-order valence-corrected chi connectivity index (χ2v) is 4.84. The highest BCUT2D eigenvalue weighted by molar-refractivity contribution is 5.42. The van der Waals surface area contributed by atoms with Gasteiger partial charge in [-0.3, -0.25) is 10.1 Å². The Balaban J connectivity index is 1.80. The number of ether oxygens (including phenoxy) is 2. The number of rotatable bonds is 7. The fraction of sp³-hybridized carbons (Fsp3) is 0.286. The maximum atomic E-state index is 10.7. The van der Waals surface area contributed by atoms with Crippen molar-refractivity contribution in [3.05, 3.63) is 40.1 Å². The number of non-ortho nitro benzene ring substituents is 1. The number of hydrogen-bond donors (Lipinski definition) is 2. The number of nitrogens with one attached hydrogen (secondary N) is 2. The molecule has 0 aliphatic carbocycles. The van der Waals surface area contributed by atoms with Gasteiger partial charge in [0.1, 0.15) is 5.75 Å². The summed E-state index contributed by atoms with van der Waals surface area (Å²) in [5.74, 6) is 1.65. The summed E-state index contributed by atoms with van der Waals surface area (Å²) in [4.78, 5) is 15.8. The Bertz CT molecular complexity index is 684. The smallest absolute Gasteiger partial charge is 0.493 e. The molecule has 9 heteroatoms. The summed E-state index contributed by atoms with van der Waals surface area (Å²) in [7, 11) is 0. The number of benzene rings is 1. The average Bonchev–Trinajstić information content (AvgIpc) is 2.49. The summed E-state index contributed by atoms with van der Waals surface area (Å²) >= 11 is 0. The molecular weight excluding hydrogens is 302 g/mol. The summed E-state index contributed by atoms with van der Waals surface area (Å²) in [6.07, 6.45) is 0.589. The normalized spacial score (nSPS) is 10.3. The number of nitrogen functional groups attached to an aromatic ring is 2. The molecule has 9 nitrogen and oxygen atoms in total. The third-order valence-corrected chi connectivity index (χ3v) is 3.01. The fourth-order valence-corrected chi connectivity index (χ4v) is 1.99. The highest BCUT2D eigenvalue weighted by atomic mass is 16.6. The van der Waals surface area contributed by atoms with Crippen LogP contribution in [0.4, 0.5) is 17.5 Å². The number of nitrogens with two attached hydrogens (primary N) is 2. The van der Waals surface area contributed by atoms with Gasteiger partial charge in [-0.05, 0) is 6.07 Å². The monoisotopic (exact) mass is 321 g/mol.